The number of hydrogen-bond donors (Lipinski definition) is 0. The largest absolute Gasteiger partial charge is 0.342 e. The highest BCUT2D eigenvalue weighted by Gasteiger charge is 2.40. The Morgan fingerprint density at radius 3 is 2.44 bits per heavy atom. The topological polar surface area (TPSA) is 40.6 Å². The van der Waals surface area contributed by atoms with Crippen molar-refractivity contribution in [1.29, 1.82) is 0 Å². The molecular formula is C10H8Cl2N2O2. The van der Waals surface area contributed by atoms with Gasteiger partial charge in [0.15, 0.2) is 0 Å². The van der Waals surface area contributed by atoms with Gasteiger partial charge in [-0.05, 0) is 17.2 Å². The van der Waals surface area contributed by atoms with Gasteiger partial charge in [-0.2, -0.15) is 0 Å². The molecular weight excluding hydrogens is 251 g/mol. The van der Waals surface area contributed by atoms with Crippen LogP contribution in [0, 0.1) is 0 Å². The van der Waals surface area contributed by atoms with Crippen LogP contribution < -0.4 is 0 Å². The summed E-state index contributed by atoms with van der Waals surface area (Å²) in [7, 11) is 0. The van der Waals surface area contributed by atoms with E-state index < -0.39 is 11.4 Å². The van der Waals surface area contributed by atoms with E-state index in [9.17, 15) is 9.59 Å². The summed E-state index contributed by atoms with van der Waals surface area (Å²) in [5.74, 6) is 0. The van der Waals surface area contributed by atoms with Crippen molar-refractivity contribution in [3.05, 3.63) is 35.9 Å². The molecule has 1 aliphatic rings. The molecule has 6 heteroatoms. The summed E-state index contributed by atoms with van der Waals surface area (Å²) in [5.41, 5.74) is 0.867. The number of rotatable bonds is 1. The summed E-state index contributed by atoms with van der Waals surface area (Å²) >= 11 is 11.1. The minimum atomic E-state index is -0.811. The number of halogens is 2. The van der Waals surface area contributed by atoms with Gasteiger partial charge in [-0.15, -0.1) is 0 Å². The zero-order valence-electron chi connectivity index (χ0n) is 8.14. The van der Waals surface area contributed by atoms with Crippen molar-refractivity contribution in [1.82, 2.24) is 9.32 Å². The van der Waals surface area contributed by atoms with E-state index in [0.29, 0.717) is 0 Å². The molecule has 16 heavy (non-hydrogen) atoms. The van der Waals surface area contributed by atoms with Crippen LogP contribution in [-0.2, 0) is 0 Å². The smallest absolute Gasteiger partial charge is 0.255 e. The van der Waals surface area contributed by atoms with Crippen molar-refractivity contribution in [2.45, 2.75) is 6.04 Å². The number of amides is 3. The molecule has 1 unspecified atom stereocenters. The number of carbonyl (C=O) groups is 2. The van der Waals surface area contributed by atoms with Gasteiger partial charge in [0.25, 0.3) is 0 Å². The van der Waals surface area contributed by atoms with Crippen molar-refractivity contribution in [3.63, 3.8) is 0 Å². The molecule has 1 atom stereocenters. The monoisotopic (exact) mass is 258 g/mol. The molecule has 0 aliphatic carbocycles. The molecule has 1 saturated heterocycles. The van der Waals surface area contributed by atoms with Crippen LogP contribution in [0.5, 0.6) is 0 Å². The number of benzene rings is 1. The fourth-order valence-corrected chi connectivity index (χ4v) is 2.04. The first-order valence-corrected chi connectivity index (χ1v) is 5.34. The Bertz CT molecular complexity index is 424. The maximum atomic E-state index is 11.5. The predicted molar refractivity (Wildman–Crippen MR) is 60.2 cm³/mol. The summed E-state index contributed by atoms with van der Waals surface area (Å²) < 4.78 is 0.996. The van der Waals surface area contributed by atoms with E-state index in [1.54, 1.807) is 0 Å². The van der Waals surface area contributed by atoms with E-state index in [1.807, 2.05) is 30.3 Å². The van der Waals surface area contributed by atoms with E-state index in [4.69, 9.17) is 23.4 Å². The maximum absolute atomic E-state index is 11.5. The molecule has 4 nitrogen and oxygen atoms in total. The predicted octanol–water partition coefficient (Wildman–Crippen LogP) is 2.98. The highest BCUT2D eigenvalue weighted by atomic mass is 35.5. The molecule has 0 aromatic heterocycles. The zero-order chi connectivity index (χ0) is 11.7. The van der Waals surface area contributed by atoms with Crippen LogP contribution in [0.1, 0.15) is 11.6 Å². The SMILES string of the molecule is O=C(Cl)N1CC(c2ccccc2)N(Cl)C1=O. The lowest BCUT2D eigenvalue weighted by molar-refractivity contribution is 0.205. The fourth-order valence-electron chi connectivity index (χ4n) is 1.63. The normalized spacial score (nSPS) is 20.4. The van der Waals surface area contributed by atoms with Crippen molar-refractivity contribution in [2.75, 3.05) is 6.54 Å². The molecule has 1 fully saturated rings. The van der Waals surface area contributed by atoms with E-state index in [2.05, 4.69) is 0 Å². The third kappa shape index (κ3) is 1.86. The summed E-state index contributed by atoms with van der Waals surface area (Å²) in [6.45, 7) is 0.175. The number of carbonyl (C=O) groups excluding carboxylic acids is 2. The quantitative estimate of drug-likeness (QED) is 0.442. The van der Waals surface area contributed by atoms with E-state index in [1.165, 1.54) is 0 Å². The van der Waals surface area contributed by atoms with Gasteiger partial charge in [0, 0.05) is 11.8 Å². The Kier molecular flexibility index (Phi) is 3.03. The first-order chi connectivity index (χ1) is 7.61. The van der Waals surface area contributed by atoms with E-state index >= 15 is 0 Å². The number of imide groups is 1. The third-order valence-corrected chi connectivity index (χ3v) is 3.02. The second-order valence-corrected chi connectivity index (χ2v) is 4.07. The molecule has 2 rings (SSSR count). The molecule has 0 spiro atoms. The summed E-state index contributed by atoms with van der Waals surface area (Å²) in [6, 6.07) is 8.30. The highest BCUT2D eigenvalue weighted by Crippen LogP contribution is 2.31. The van der Waals surface area contributed by atoms with E-state index in [0.717, 1.165) is 14.9 Å². The maximum Gasteiger partial charge on any atom is 0.342 e. The first kappa shape index (κ1) is 11.2. The van der Waals surface area contributed by atoms with Crippen LogP contribution >= 0.6 is 23.4 Å². The number of nitrogens with zero attached hydrogens (tertiary/aromatic N) is 2. The molecule has 84 valence electrons. The summed E-state index contributed by atoms with van der Waals surface area (Å²) in [5, 5.41) is -0.811. The van der Waals surface area contributed by atoms with Gasteiger partial charge in [-0.3, -0.25) is 4.79 Å². The molecule has 0 saturated carbocycles. The van der Waals surface area contributed by atoms with Crippen LogP contribution in [0.2, 0.25) is 0 Å². The van der Waals surface area contributed by atoms with Gasteiger partial charge in [-0.1, -0.05) is 30.3 Å². The van der Waals surface area contributed by atoms with Crippen molar-refractivity contribution >= 4 is 34.8 Å². The minimum Gasteiger partial charge on any atom is -0.255 e. The Hall–Kier alpha value is -1.26. The lowest BCUT2D eigenvalue weighted by Crippen LogP contribution is -2.29. The van der Waals surface area contributed by atoms with Crippen molar-refractivity contribution in [2.24, 2.45) is 0 Å². The molecule has 0 N–H and O–H groups in total. The molecule has 1 aromatic rings. The third-order valence-electron chi connectivity index (χ3n) is 2.44. The second kappa shape index (κ2) is 4.31. The van der Waals surface area contributed by atoms with Gasteiger partial charge in [0.1, 0.15) is 0 Å². The average molecular weight is 259 g/mol. The Labute approximate surface area is 102 Å². The molecule has 3 amide bonds. The molecule has 1 heterocycles. The van der Waals surface area contributed by atoms with Crippen LogP contribution in [0.25, 0.3) is 0 Å². The van der Waals surface area contributed by atoms with Gasteiger partial charge >= 0.3 is 11.4 Å². The summed E-state index contributed by atoms with van der Waals surface area (Å²) in [4.78, 5) is 23.4. The lowest BCUT2D eigenvalue weighted by Gasteiger charge is -2.14. The van der Waals surface area contributed by atoms with Crippen LogP contribution in [-0.4, -0.2) is 27.3 Å². The van der Waals surface area contributed by atoms with E-state index in [-0.39, 0.29) is 12.6 Å². The van der Waals surface area contributed by atoms with Gasteiger partial charge < -0.3 is 0 Å². The highest BCUT2D eigenvalue weighted by molar-refractivity contribution is 6.64. The zero-order valence-corrected chi connectivity index (χ0v) is 9.65. The molecule has 0 bridgehead atoms. The minimum absolute atomic E-state index is 0.175. The van der Waals surface area contributed by atoms with Crippen molar-refractivity contribution < 1.29 is 9.59 Å². The molecule has 1 aromatic carbocycles. The van der Waals surface area contributed by atoms with Gasteiger partial charge in [-0.25, -0.2) is 14.1 Å². The number of urea groups is 1. The average Bonchev–Trinajstić information content (AvgIpc) is 2.58. The molecule has 0 radical (unpaired) electrons. The second-order valence-electron chi connectivity index (χ2n) is 3.38. The van der Waals surface area contributed by atoms with Crippen LogP contribution in [0.15, 0.2) is 30.3 Å². The van der Waals surface area contributed by atoms with Gasteiger partial charge in [0.2, 0.25) is 0 Å². The summed E-state index contributed by atoms with van der Waals surface area (Å²) in [6.07, 6.45) is 0. The van der Waals surface area contributed by atoms with Crippen molar-refractivity contribution in [3.8, 4) is 0 Å². The Morgan fingerprint density at radius 2 is 1.94 bits per heavy atom. The fraction of sp³-hybridized carbons (Fsp3) is 0.200. The number of hydrogen-bond acceptors (Lipinski definition) is 2. The van der Waals surface area contributed by atoms with Crippen LogP contribution in [0.4, 0.5) is 9.59 Å². The standard InChI is InChI=1S/C10H8Cl2N2O2/c11-9(15)13-6-8(14(12)10(13)16)7-4-2-1-3-5-7/h1-5,8H,6H2. The Balaban J connectivity index is 2.26. The first-order valence-electron chi connectivity index (χ1n) is 4.62. The molecule has 1 aliphatic heterocycles. The van der Waals surface area contributed by atoms with Gasteiger partial charge in [0.05, 0.1) is 12.6 Å². The van der Waals surface area contributed by atoms with Crippen LogP contribution in [0.3, 0.4) is 0 Å². The lowest BCUT2D eigenvalue weighted by atomic mass is 10.1. The Morgan fingerprint density at radius 1 is 1.31 bits per heavy atom.